The lowest BCUT2D eigenvalue weighted by atomic mass is 10.4. The minimum atomic E-state index is -4.14. The standard InChI is InChI=1S/C13H20N2O6S2/c1-4-15(5-2)23(20,21)12-8-6-7-11(9-12)22(18,19)14-10(3)13(16)17/h6-10,14H,4-5H2,1-3H3,(H,16,17)/t10-/m1/s1. The molecule has 0 spiro atoms. The van der Waals surface area contributed by atoms with Crippen LogP contribution >= 0.6 is 0 Å². The zero-order chi connectivity index (χ0) is 17.8. The number of nitrogens with one attached hydrogen (secondary N) is 1. The first-order valence-electron chi connectivity index (χ1n) is 6.91. The molecule has 2 N–H and O–H groups in total. The van der Waals surface area contributed by atoms with Crippen LogP contribution in [0.15, 0.2) is 34.1 Å². The van der Waals surface area contributed by atoms with Gasteiger partial charge in [-0.05, 0) is 25.1 Å². The van der Waals surface area contributed by atoms with Gasteiger partial charge in [-0.2, -0.15) is 9.03 Å². The van der Waals surface area contributed by atoms with E-state index in [4.69, 9.17) is 5.11 Å². The zero-order valence-electron chi connectivity index (χ0n) is 13.1. The molecule has 0 aliphatic heterocycles. The molecule has 10 heteroatoms. The average Bonchev–Trinajstić information content (AvgIpc) is 2.47. The highest BCUT2D eigenvalue weighted by atomic mass is 32.2. The summed E-state index contributed by atoms with van der Waals surface area (Å²) in [6, 6.07) is 3.50. The van der Waals surface area contributed by atoms with E-state index in [9.17, 15) is 21.6 Å². The van der Waals surface area contributed by atoms with Crippen molar-refractivity contribution in [1.29, 1.82) is 0 Å². The van der Waals surface area contributed by atoms with Gasteiger partial charge in [-0.3, -0.25) is 4.79 Å². The van der Waals surface area contributed by atoms with Gasteiger partial charge in [-0.15, -0.1) is 0 Å². The van der Waals surface area contributed by atoms with E-state index in [1.807, 2.05) is 4.72 Å². The van der Waals surface area contributed by atoms with E-state index >= 15 is 0 Å². The lowest BCUT2D eigenvalue weighted by molar-refractivity contribution is -0.138. The quantitative estimate of drug-likeness (QED) is 0.692. The van der Waals surface area contributed by atoms with Gasteiger partial charge in [-0.1, -0.05) is 19.9 Å². The van der Waals surface area contributed by atoms with Gasteiger partial charge in [0.1, 0.15) is 6.04 Å². The van der Waals surface area contributed by atoms with E-state index in [0.717, 1.165) is 6.07 Å². The SMILES string of the molecule is CCN(CC)S(=O)(=O)c1cccc(S(=O)(=O)N[C@H](C)C(=O)O)c1. The molecule has 23 heavy (non-hydrogen) atoms. The van der Waals surface area contributed by atoms with Crippen molar-refractivity contribution in [1.82, 2.24) is 9.03 Å². The van der Waals surface area contributed by atoms with Crippen molar-refractivity contribution < 1.29 is 26.7 Å². The molecule has 0 aromatic heterocycles. The summed E-state index contributed by atoms with van der Waals surface area (Å²) in [7, 11) is -7.94. The summed E-state index contributed by atoms with van der Waals surface area (Å²) in [5.41, 5.74) is 0. The molecule has 0 aliphatic carbocycles. The monoisotopic (exact) mass is 364 g/mol. The minimum Gasteiger partial charge on any atom is -0.480 e. The molecule has 0 fully saturated rings. The second-order valence-corrected chi connectivity index (χ2v) is 8.40. The van der Waals surface area contributed by atoms with Crippen LogP contribution in [0.5, 0.6) is 0 Å². The predicted octanol–water partition coefficient (Wildman–Crippen LogP) is 0.469. The minimum absolute atomic E-state index is 0.160. The first kappa shape index (κ1) is 19.6. The second-order valence-electron chi connectivity index (χ2n) is 4.75. The molecule has 0 saturated carbocycles. The first-order valence-corrected chi connectivity index (χ1v) is 9.84. The van der Waals surface area contributed by atoms with Gasteiger partial charge >= 0.3 is 5.97 Å². The Morgan fingerprint density at radius 1 is 1.17 bits per heavy atom. The first-order chi connectivity index (χ1) is 10.6. The highest BCUT2D eigenvalue weighted by Crippen LogP contribution is 2.19. The fraction of sp³-hybridized carbons (Fsp3) is 0.462. The van der Waals surface area contributed by atoms with Crippen LogP contribution in [0.3, 0.4) is 0 Å². The maximum atomic E-state index is 12.4. The Balaban J connectivity index is 3.27. The van der Waals surface area contributed by atoms with Crippen LogP contribution in [0, 0.1) is 0 Å². The molecule has 130 valence electrons. The largest absolute Gasteiger partial charge is 0.480 e. The summed E-state index contributed by atoms with van der Waals surface area (Å²) >= 11 is 0. The third kappa shape index (κ3) is 4.50. The lowest BCUT2D eigenvalue weighted by Gasteiger charge is -2.19. The van der Waals surface area contributed by atoms with Crippen molar-refractivity contribution in [3.63, 3.8) is 0 Å². The lowest BCUT2D eigenvalue weighted by Crippen LogP contribution is -2.38. The van der Waals surface area contributed by atoms with Gasteiger partial charge in [0.25, 0.3) is 0 Å². The van der Waals surface area contributed by atoms with Crippen molar-refractivity contribution in [3.8, 4) is 0 Å². The van der Waals surface area contributed by atoms with Gasteiger partial charge in [0, 0.05) is 13.1 Å². The normalized spacial score (nSPS) is 13.9. The molecular formula is C13H20N2O6S2. The van der Waals surface area contributed by atoms with Crippen LogP contribution in [0.4, 0.5) is 0 Å². The summed E-state index contributed by atoms with van der Waals surface area (Å²) in [6.07, 6.45) is 0. The van der Waals surface area contributed by atoms with E-state index in [2.05, 4.69) is 0 Å². The molecule has 0 heterocycles. The number of carbonyl (C=O) groups is 1. The van der Waals surface area contributed by atoms with Crippen LogP contribution in [0.2, 0.25) is 0 Å². The maximum absolute atomic E-state index is 12.4. The average molecular weight is 364 g/mol. The molecular weight excluding hydrogens is 344 g/mol. The van der Waals surface area contributed by atoms with Crippen molar-refractivity contribution in [3.05, 3.63) is 24.3 Å². The van der Waals surface area contributed by atoms with Gasteiger partial charge in [-0.25, -0.2) is 16.8 Å². The molecule has 0 bridgehead atoms. The Hall–Kier alpha value is -1.49. The zero-order valence-corrected chi connectivity index (χ0v) is 14.7. The van der Waals surface area contributed by atoms with Gasteiger partial charge in [0.05, 0.1) is 9.79 Å². The van der Waals surface area contributed by atoms with Crippen molar-refractivity contribution in [2.75, 3.05) is 13.1 Å². The number of carboxylic acids is 1. The third-order valence-corrected chi connectivity index (χ3v) is 6.75. The Kier molecular flexibility index (Phi) is 6.28. The smallest absolute Gasteiger partial charge is 0.321 e. The van der Waals surface area contributed by atoms with Gasteiger partial charge in [0.2, 0.25) is 20.0 Å². The molecule has 1 rings (SSSR count). The number of benzene rings is 1. The van der Waals surface area contributed by atoms with E-state index in [-0.39, 0.29) is 22.9 Å². The number of carboxylic acid groups (broad SMARTS) is 1. The van der Waals surface area contributed by atoms with Crippen LogP contribution in [-0.2, 0) is 24.8 Å². The number of aliphatic carboxylic acids is 1. The highest BCUT2D eigenvalue weighted by molar-refractivity contribution is 7.90. The van der Waals surface area contributed by atoms with Crippen LogP contribution in [-0.4, -0.2) is 51.3 Å². The summed E-state index contributed by atoms with van der Waals surface area (Å²) < 4.78 is 52.3. The maximum Gasteiger partial charge on any atom is 0.321 e. The number of nitrogens with zero attached hydrogens (tertiary/aromatic N) is 1. The van der Waals surface area contributed by atoms with Crippen molar-refractivity contribution in [2.45, 2.75) is 36.6 Å². The molecule has 0 radical (unpaired) electrons. The Morgan fingerprint density at radius 3 is 2.17 bits per heavy atom. The van der Waals surface area contributed by atoms with Crippen LogP contribution in [0.1, 0.15) is 20.8 Å². The van der Waals surface area contributed by atoms with Gasteiger partial charge in [0.15, 0.2) is 0 Å². The van der Waals surface area contributed by atoms with Gasteiger partial charge < -0.3 is 5.11 Å². The summed E-state index contributed by atoms with van der Waals surface area (Å²) in [6.45, 7) is 5.04. The summed E-state index contributed by atoms with van der Waals surface area (Å²) in [5.74, 6) is -1.33. The van der Waals surface area contributed by atoms with E-state index < -0.39 is 32.1 Å². The molecule has 1 aromatic rings. The van der Waals surface area contributed by atoms with E-state index in [1.54, 1.807) is 13.8 Å². The number of rotatable bonds is 8. The van der Waals surface area contributed by atoms with E-state index in [1.165, 1.54) is 29.4 Å². The Labute approximate surface area is 136 Å². The molecule has 0 saturated heterocycles. The third-order valence-electron chi connectivity index (χ3n) is 3.16. The fourth-order valence-electron chi connectivity index (χ4n) is 1.87. The second kappa shape index (κ2) is 7.39. The van der Waals surface area contributed by atoms with Crippen molar-refractivity contribution >= 4 is 26.0 Å². The van der Waals surface area contributed by atoms with Crippen LogP contribution in [0.25, 0.3) is 0 Å². The predicted molar refractivity (Wildman–Crippen MR) is 84.0 cm³/mol. The Bertz CT molecular complexity index is 769. The number of sulfonamides is 2. The summed E-state index contributed by atoms with van der Waals surface area (Å²) in [5, 5.41) is 8.78. The molecule has 1 atom stereocenters. The molecule has 0 aliphatic rings. The van der Waals surface area contributed by atoms with Crippen LogP contribution < -0.4 is 4.72 Å². The summed E-state index contributed by atoms with van der Waals surface area (Å²) in [4.78, 5) is 10.3. The number of hydrogen-bond acceptors (Lipinski definition) is 5. The van der Waals surface area contributed by atoms with Crippen molar-refractivity contribution in [2.24, 2.45) is 0 Å². The topological polar surface area (TPSA) is 121 Å². The molecule has 8 nitrogen and oxygen atoms in total. The van der Waals surface area contributed by atoms with E-state index in [0.29, 0.717) is 0 Å². The molecule has 1 aromatic carbocycles. The highest BCUT2D eigenvalue weighted by Gasteiger charge is 2.26. The number of hydrogen-bond donors (Lipinski definition) is 2. The molecule has 0 unspecified atom stereocenters. The Morgan fingerprint density at radius 2 is 1.70 bits per heavy atom. The molecule has 0 amide bonds. The fourth-order valence-corrected chi connectivity index (χ4v) is 4.69.